The normalized spacial score (nSPS) is 11.5. The summed E-state index contributed by atoms with van der Waals surface area (Å²) in [6, 6.07) is 10.3. The van der Waals surface area contributed by atoms with Crippen LogP contribution in [-0.4, -0.2) is 26.0 Å². The molecule has 0 amide bonds. The first kappa shape index (κ1) is 18.6. The molecule has 0 saturated carbocycles. The smallest absolute Gasteiger partial charge is 0.352 e. The largest absolute Gasteiger partial charge is 0.417 e. The molecule has 0 fully saturated rings. The highest BCUT2D eigenvalue weighted by molar-refractivity contribution is 5.61. The van der Waals surface area contributed by atoms with Gasteiger partial charge in [0.1, 0.15) is 0 Å². The highest BCUT2D eigenvalue weighted by Gasteiger charge is 2.31. The average Bonchev–Trinajstić information content (AvgIpc) is 2.61. The van der Waals surface area contributed by atoms with Gasteiger partial charge in [0.15, 0.2) is 5.82 Å². The Morgan fingerprint density at radius 1 is 0.926 bits per heavy atom. The van der Waals surface area contributed by atoms with E-state index in [4.69, 9.17) is 0 Å². The summed E-state index contributed by atoms with van der Waals surface area (Å²) < 4.78 is 38.6. The molecule has 0 aliphatic rings. The number of nitrogens with zero attached hydrogens (tertiary/aromatic N) is 4. The van der Waals surface area contributed by atoms with Crippen molar-refractivity contribution in [1.82, 2.24) is 19.9 Å². The molecule has 0 saturated heterocycles. The molecular formula is C18H17F3N6. The SMILES string of the molecule is CC(C)Nc1nc(Nc2cncc(C(F)(F)F)c2)nc(-c2ccccc2)n1. The van der Waals surface area contributed by atoms with Crippen molar-refractivity contribution in [2.45, 2.75) is 26.1 Å². The Morgan fingerprint density at radius 2 is 1.63 bits per heavy atom. The quantitative estimate of drug-likeness (QED) is 0.684. The van der Waals surface area contributed by atoms with Crippen LogP contribution in [0.2, 0.25) is 0 Å². The molecule has 0 aliphatic carbocycles. The van der Waals surface area contributed by atoms with Crippen LogP contribution in [0.5, 0.6) is 0 Å². The van der Waals surface area contributed by atoms with Crippen LogP contribution in [-0.2, 0) is 6.18 Å². The Morgan fingerprint density at radius 3 is 2.30 bits per heavy atom. The van der Waals surface area contributed by atoms with Crippen molar-refractivity contribution in [3.05, 3.63) is 54.4 Å². The predicted octanol–water partition coefficient (Wildman–Crippen LogP) is 4.52. The lowest BCUT2D eigenvalue weighted by molar-refractivity contribution is -0.137. The first-order valence-electron chi connectivity index (χ1n) is 8.18. The van der Waals surface area contributed by atoms with Gasteiger partial charge in [-0.15, -0.1) is 0 Å². The van der Waals surface area contributed by atoms with Gasteiger partial charge in [0.2, 0.25) is 11.9 Å². The van der Waals surface area contributed by atoms with Gasteiger partial charge < -0.3 is 10.6 Å². The molecule has 0 unspecified atom stereocenters. The van der Waals surface area contributed by atoms with Gasteiger partial charge in [0.25, 0.3) is 0 Å². The lowest BCUT2D eigenvalue weighted by atomic mass is 10.2. The second-order valence-electron chi connectivity index (χ2n) is 6.06. The molecule has 0 bridgehead atoms. The third-order valence-corrected chi connectivity index (χ3v) is 3.41. The van der Waals surface area contributed by atoms with E-state index in [2.05, 4.69) is 30.6 Å². The summed E-state index contributed by atoms with van der Waals surface area (Å²) in [5, 5.41) is 5.85. The van der Waals surface area contributed by atoms with Crippen molar-refractivity contribution in [3.8, 4) is 11.4 Å². The fraction of sp³-hybridized carbons (Fsp3) is 0.222. The first-order chi connectivity index (χ1) is 12.8. The van der Waals surface area contributed by atoms with E-state index in [9.17, 15) is 13.2 Å². The second-order valence-corrected chi connectivity index (χ2v) is 6.06. The lowest BCUT2D eigenvalue weighted by Gasteiger charge is -2.13. The zero-order chi connectivity index (χ0) is 19.4. The minimum atomic E-state index is -4.48. The number of hydrogen-bond donors (Lipinski definition) is 2. The third kappa shape index (κ3) is 4.90. The molecule has 6 nitrogen and oxygen atoms in total. The maximum atomic E-state index is 12.9. The minimum Gasteiger partial charge on any atom is -0.352 e. The Labute approximate surface area is 153 Å². The number of halogens is 3. The molecule has 2 heterocycles. The molecule has 0 atom stereocenters. The summed E-state index contributed by atoms with van der Waals surface area (Å²) in [6.07, 6.45) is -2.44. The Balaban J connectivity index is 1.97. The van der Waals surface area contributed by atoms with Crippen LogP contribution in [0.15, 0.2) is 48.8 Å². The molecular weight excluding hydrogens is 357 g/mol. The highest BCUT2D eigenvalue weighted by Crippen LogP contribution is 2.30. The molecule has 3 aromatic rings. The molecule has 0 spiro atoms. The fourth-order valence-electron chi connectivity index (χ4n) is 2.26. The van der Waals surface area contributed by atoms with Crippen molar-refractivity contribution < 1.29 is 13.2 Å². The number of rotatable bonds is 5. The Hall–Kier alpha value is -3.23. The molecule has 3 rings (SSSR count). The van der Waals surface area contributed by atoms with Gasteiger partial charge in [-0.1, -0.05) is 30.3 Å². The van der Waals surface area contributed by atoms with Gasteiger partial charge >= 0.3 is 6.18 Å². The van der Waals surface area contributed by atoms with Crippen molar-refractivity contribution in [2.24, 2.45) is 0 Å². The number of alkyl halides is 3. The van der Waals surface area contributed by atoms with E-state index in [0.29, 0.717) is 11.8 Å². The summed E-state index contributed by atoms with van der Waals surface area (Å²) in [5.74, 6) is 0.839. The molecule has 2 N–H and O–H groups in total. The van der Waals surface area contributed by atoms with Gasteiger partial charge in [0, 0.05) is 17.8 Å². The minimum absolute atomic E-state index is 0.0686. The van der Waals surface area contributed by atoms with Crippen LogP contribution in [0.25, 0.3) is 11.4 Å². The van der Waals surface area contributed by atoms with Crippen LogP contribution >= 0.6 is 0 Å². The molecule has 0 radical (unpaired) electrons. The van der Waals surface area contributed by atoms with E-state index < -0.39 is 11.7 Å². The Bertz CT molecular complexity index is 912. The predicted molar refractivity (Wildman–Crippen MR) is 96.5 cm³/mol. The molecule has 0 aliphatic heterocycles. The standard InChI is InChI=1S/C18H17F3N6/c1-11(2)23-16-25-15(12-6-4-3-5-7-12)26-17(27-16)24-14-8-13(9-22-10-14)18(19,20)21/h3-11H,1-2H3,(H2,23,24,25,26,27). The summed E-state index contributed by atoms with van der Waals surface area (Å²) in [5.41, 5.74) is 0.0350. The Kier molecular flexibility index (Phi) is 5.20. The topological polar surface area (TPSA) is 75.6 Å². The molecule has 140 valence electrons. The van der Waals surface area contributed by atoms with E-state index >= 15 is 0 Å². The van der Waals surface area contributed by atoms with E-state index in [1.807, 2.05) is 44.2 Å². The first-order valence-corrected chi connectivity index (χ1v) is 8.18. The van der Waals surface area contributed by atoms with E-state index in [1.54, 1.807) is 0 Å². The molecule has 27 heavy (non-hydrogen) atoms. The van der Waals surface area contributed by atoms with Crippen molar-refractivity contribution in [3.63, 3.8) is 0 Å². The number of anilines is 3. The van der Waals surface area contributed by atoms with Crippen LogP contribution in [0, 0.1) is 0 Å². The summed E-state index contributed by atoms with van der Waals surface area (Å²) >= 11 is 0. The molecule has 1 aromatic carbocycles. The van der Waals surface area contributed by atoms with Crippen LogP contribution < -0.4 is 10.6 Å². The van der Waals surface area contributed by atoms with Crippen molar-refractivity contribution in [1.29, 1.82) is 0 Å². The van der Waals surface area contributed by atoms with Crippen molar-refractivity contribution >= 4 is 17.6 Å². The summed E-state index contributed by atoms with van der Waals surface area (Å²) in [4.78, 5) is 16.6. The fourth-order valence-corrected chi connectivity index (χ4v) is 2.26. The molecule has 2 aromatic heterocycles. The van der Waals surface area contributed by atoms with Crippen molar-refractivity contribution in [2.75, 3.05) is 10.6 Å². The third-order valence-electron chi connectivity index (χ3n) is 3.41. The zero-order valence-electron chi connectivity index (χ0n) is 14.6. The monoisotopic (exact) mass is 374 g/mol. The highest BCUT2D eigenvalue weighted by atomic mass is 19.4. The van der Waals surface area contributed by atoms with Gasteiger partial charge in [-0.25, -0.2) is 0 Å². The van der Waals surface area contributed by atoms with Gasteiger partial charge in [0.05, 0.1) is 17.4 Å². The second kappa shape index (κ2) is 7.56. The van der Waals surface area contributed by atoms with Crippen LogP contribution in [0.1, 0.15) is 19.4 Å². The van der Waals surface area contributed by atoms with E-state index in [0.717, 1.165) is 17.8 Å². The maximum Gasteiger partial charge on any atom is 0.417 e. The summed E-state index contributed by atoms with van der Waals surface area (Å²) in [7, 11) is 0. The average molecular weight is 374 g/mol. The van der Waals surface area contributed by atoms with E-state index in [-0.39, 0.29) is 17.7 Å². The summed E-state index contributed by atoms with van der Waals surface area (Å²) in [6.45, 7) is 3.85. The molecule has 9 heteroatoms. The number of pyridine rings is 1. The zero-order valence-corrected chi connectivity index (χ0v) is 14.6. The van der Waals surface area contributed by atoms with Gasteiger partial charge in [-0.2, -0.15) is 28.1 Å². The number of aromatic nitrogens is 4. The maximum absolute atomic E-state index is 12.9. The lowest BCUT2D eigenvalue weighted by Crippen LogP contribution is -2.14. The number of benzene rings is 1. The number of nitrogens with one attached hydrogen (secondary N) is 2. The van der Waals surface area contributed by atoms with E-state index in [1.165, 1.54) is 6.20 Å². The van der Waals surface area contributed by atoms with Gasteiger partial charge in [-0.3, -0.25) is 4.98 Å². The van der Waals surface area contributed by atoms with Crippen LogP contribution in [0.4, 0.5) is 30.8 Å². The number of hydrogen-bond acceptors (Lipinski definition) is 6. The van der Waals surface area contributed by atoms with Gasteiger partial charge in [-0.05, 0) is 19.9 Å². The van der Waals surface area contributed by atoms with Crippen LogP contribution in [0.3, 0.4) is 0 Å².